The van der Waals surface area contributed by atoms with Crippen LogP contribution in [0.1, 0.15) is 21.1 Å². The number of thiazole rings is 1. The summed E-state index contributed by atoms with van der Waals surface area (Å²) in [6.45, 7) is 2.24. The van der Waals surface area contributed by atoms with Crippen LogP contribution in [0.4, 0.5) is 10.1 Å². The molecule has 0 saturated heterocycles. The number of aromatic nitrogens is 1. The molecule has 0 bridgehead atoms. The summed E-state index contributed by atoms with van der Waals surface area (Å²) in [6, 6.07) is 4.41. The Bertz CT molecular complexity index is 597. The van der Waals surface area contributed by atoms with E-state index in [4.69, 9.17) is 0 Å². The monoisotopic (exact) mass is 279 g/mol. The summed E-state index contributed by atoms with van der Waals surface area (Å²) in [7, 11) is 1.58. The van der Waals surface area contributed by atoms with Crippen molar-refractivity contribution in [1.29, 1.82) is 0 Å². The summed E-state index contributed by atoms with van der Waals surface area (Å²) in [4.78, 5) is 16.3. The van der Waals surface area contributed by atoms with E-state index in [0.717, 1.165) is 10.7 Å². The number of rotatable bonds is 4. The lowest BCUT2D eigenvalue weighted by atomic mass is 10.1. The Balaban J connectivity index is 2.10. The Morgan fingerprint density at radius 2 is 2.26 bits per heavy atom. The van der Waals surface area contributed by atoms with E-state index in [1.54, 1.807) is 13.1 Å². The highest BCUT2D eigenvalue weighted by molar-refractivity contribution is 7.09. The molecule has 6 heteroatoms. The number of para-hydroxylation sites is 1. The number of anilines is 1. The number of nitrogens with one attached hydrogen (secondary N) is 2. The molecule has 2 aromatic rings. The number of halogens is 1. The minimum absolute atomic E-state index is 0.204. The van der Waals surface area contributed by atoms with Crippen LogP contribution in [0, 0.1) is 12.7 Å². The van der Waals surface area contributed by atoms with E-state index in [-0.39, 0.29) is 17.2 Å². The molecule has 0 fully saturated rings. The highest BCUT2D eigenvalue weighted by Crippen LogP contribution is 2.19. The van der Waals surface area contributed by atoms with Crippen molar-refractivity contribution in [3.8, 4) is 0 Å². The number of hydrogen-bond acceptors (Lipinski definition) is 4. The highest BCUT2D eigenvalue weighted by atomic mass is 32.1. The van der Waals surface area contributed by atoms with Gasteiger partial charge in [0.2, 0.25) is 0 Å². The summed E-state index contributed by atoms with van der Waals surface area (Å²) in [5.41, 5.74) is 1.42. The quantitative estimate of drug-likeness (QED) is 0.904. The van der Waals surface area contributed by atoms with Gasteiger partial charge < -0.3 is 10.6 Å². The Morgan fingerprint density at radius 1 is 1.47 bits per heavy atom. The molecule has 1 heterocycles. The molecule has 0 radical (unpaired) electrons. The van der Waals surface area contributed by atoms with Crippen molar-refractivity contribution in [2.45, 2.75) is 13.5 Å². The molecule has 2 rings (SSSR count). The normalized spacial score (nSPS) is 10.3. The fourth-order valence-corrected chi connectivity index (χ4v) is 2.41. The number of aryl methyl sites for hydroxylation is 1. The average molecular weight is 279 g/mol. The van der Waals surface area contributed by atoms with Gasteiger partial charge in [0.25, 0.3) is 5.91 Å². The summed E-state index contributed by atoms with van der Waals surface area (Å²) in [5, 5.41) is 8.18. The molecule has 0 atom stereocenters. The fraction of sp³-hybridized carbons (Fsp3) is 0.231. The number of nitrogens with zero attached hydrogens (tertiary/aromatic N) is 1. The van der Waals surface area contributed by atoms with Gasteiger partial charge in [0.1, 0.15) is 10.8 Å². The molecule has 2 N–H and O–H groups in total. The molecule has 0 saturated carbocycles. The van der Waals surface area contributed by atoms with Crippen LogP contribution in [0.2, 0.25) is 0 Å². The van der Waals surface area contributed by atoms with Gasteiger partial charge in [-0.1, -0.05) is 6.07 Å². The molecule has 100 valence electrons. The predicted molar refractivity (Wildman–Crippen MR) is 74.0 cm³/mol. The topological polar surface area (TPSA) is 54.0 Å². The second-order valence-corrected chi connectivity index (χ2v) is 4.92. The number of benzene rings is 1. The van der Waals surface area contributed by atoms with Crippen LogP contribution >= 0.6 is 11.3 Å². The van der Waals surface area contributed by atoms with Gasteiger partial charge in [0.05, 0.1) is 17.8 Å². The van der Waals surface area contributed by atoms with Crippen molar-refractivity contribution in [2.75, 3.05) is 12.4 Å². The van der Waals surface area contributed by atoms with Crippen LogP contribution in [0.25, 0.3) is 0 Å². The lowest BCUT2D eigenvalue weighted by Crippen LogP contribution is -2.24. The van der Waals surface area contributed by atoms with Gasteiger partial charge in [-0.25, -0.2) is 9.37 Å². The van der Waals surface area contributed by atoms with Crippen molar-refractivity contribution < 1.29 is 9.18 Å². The zero-order valence-corrected chi connectivity index (χ0v) is 11.5. The molecule has 0 aliphatic carbocycles. The lowest BCUT2D eigenvalue weighted by Gasteiger charge is -2.09. The molecular formula is C13H14FN3OS. The predicted octanol–water partition coefficient (Wildman–Crippen LogP) is 2.56. The van der Waals surface area contributed by atoms with E-state index in [1.165, 1.54) is 23.5 Å². The first-order valence-corrected chi connectivity index (χ1v) is 6.65. The van der Waals surface area contributed by atoms with Crippen LogP contribution in [0.15, 0.2) is 23.6 Å². The summed E-state index contributed by atoms with van der Waals surface area (Å²) < 4.78 is 13.5. The molecule has 0 aliphatic rings. The summed E-state index contributed by atoms with van der Waals surface area (Å²) in [6.07, 6.45) is 0. The molecule has 19 heavy (non-hydrogen) atoms. The van der Waals surface area contributed by atoms with E-state index >= 15 is 0 Å². The van der Waals surface area contributed by atoms with E-state index in [2.05, 4.69) is 15.6 Å². The van der Waals surface area contributed by atoms with Crippen LogP contribution in [0.5, 0.6) is 0 Å². The Labute approximate surface area is 114 Å². The Kier molecular flexibility index (Phi) is 4.11. The SMILES string of the molecule is CNc1c(F)cccc1C(=O)NCc1nc(C)cs1. The van der Waals surface area contributed by atoms with Crippen molar-refractivity contribution in [3.05, 3.63) is 45.7 Å². The minimum Gasteiger partial charge on any atom is -0.385 e. The second-order valence-electron chi connectivity index (χ2n) is 3.98. The third kappa shape index (κ3) is 3.08. The van der Waals surface area contributed by atoms with Crippen LogP contribution < -0.4 is 10.6 Å². The number of amides is 1. The lowest BCUT2D eigenvalue weighted by molar-refractivity contribution is 0.0951. The molecule has 1 aromatic heterocycles. The third-order valence-electron chi connectivity index (χ3n) is 2.57. The van der Waals surface area contributed by atoms with Gasteiger partial charge in [-0.05, 0) is 19.1 Å². The van der Waals surface area contributed by atoms with E-state index in [0.29, 0.717) is 6.54 Å². The fourth-order valence-electron chi connectivity index (χ4n) is 1.70. The van der Waals surface area contributed by atoms with Crippen molar-refractivity contribution >= 4 is 22.9 Å². The van der Waals surface area contributed by atoms with Gasteiger partial charge in [-0.15, -0.1) is 11.3 Å². The highest BCUT2D eigenvalue weighted by Gasteiger charge is 2.14. The third-order valence-corrected chi connectivity index (χ3v) is 3.54. The molecule has 0 unspecified atom stereocenters. The maximum atomic E-state index is 13.5. The molecule has 0 aliphatic heterocycles. The molecule has 0 spiro atoms. The van der Waals surface area contributed by atoms with E-state index in [1.807, 2.05) is 12.3 Å². The first-order chi connectivity index (χ1) is 9.11. The van der Waals surface area contributed by atoms with Crippen molar-refractivity contribution in [3.63, 3.8) is 0 Å². The number of hydrogen-bond donors (Lipinski definition) is 2. The molecule has 1 aromatic carbocycles. The largest absolute Gasteiger partial charge is 0.385 e. The first kappa shape index (κ1) is 13.5. The maximum absolute atomic E-state index is 13.5. The van der Waals surface area contributed by atoms with E-state index in [9.17, 15) is 9.18 Å². The zero-order valence-electron chi connectivity index (χ0n) is 10.7. The van der Waals surface area contributed by atoms with Gasteiger partial charge in [-0.2, -0.15) is 0 Å². The van der Waals surface area contributed by atoms with Crippen LogP contribution in [-0.2, 0) is 6.54 Å². The number of carbonyl (C=O) groups excluding carboxylic acids is 1. The summed E-state index contributed by atoms with van der Waals surface area (Å²) in [5.74, 6) is -0.767. The second kappa shape index (κ2) is 5.79. The van der Waals surface area contributed by atoms with Gasteiger partial charge in [-0.3, -0.25) is 4.79 Å². The number of carbonyl (C=O) groups is 1. The van der Waals surface area contributed by atoms with E-state index < -0.39 is 5.82 Å². The maximum Gasteiger partial charge on any atom is 0.253 e. The average Bonchev–Trinajstić information content (AvgIpc) is 2.81. The van der Waals surface area contributed by atoms with Gasteiger partial charge in [0, 0.05) is 18.1 Å². The van der Waals surface area contributed by atoms with Gasteiger partial charge >= 0.3 is 0 Å². The van der Waals surface area contributed by atoms with Crippen molar-refractivity contribution in [1.82, 2.24) is 10.3 Å². The minimum atomic E-state index is -0.444. The molecule has 4 nitrogen and oxygen atoms in total. The molecule has 1 amide bonds. The van der Waals surface area contributed by atoms with Crippen LogP contribution in [0.3, 0.4) is 0 Å². The van der Waals surface area contributed by atoms with Crippen LogP contribution in [-0.4, -0.2) is 17.9 Å². The first-order valence-electron chi connectivity index (χ1n) is 5.77. The Hall–Kier alpha value is -1.95. The van der Waals surface area contributed by atoms with Crippen molar-refractivity contribution in [2.24, 2.45) is 0 Å². The van der Waals surface area contributed by atoms with Gasteiger partial charge in [0.15, 0.2) is 0 Å². The Morgan fingerprint density at radius 3 is 2.89 bits per heavy atom. The molecular weight excluding hydrogens is 265 g/mol. The standard InChI is InChI=1S/C13H14FN3OS/c1-8-7-19-11(17-8)6-16-13(18)9-4-3-5-10(14)12(9)15-2/h3-5,7,15H,6H2,1-2H3,(H,16,18). The zero-order chi connectivity index (χ0) is 13.8. The summed E-state index contributed by atoms with van der Waals surface area (Å²) >= 11 is 1.48. The smallest absolute Gasteiger partial charge is 0.253 e.